The number of hydrogen-bond acceptors (Lipinski definition) is 7. The van der Waals surface area contributed by atoms with Crippen LogP contribution in [-0.4, -0.2) is 51.3 Å². The Balaban J connectivity index is 1.39. The Bertz CT molecular complexity index is 1340. The average molecular weight is 500 g/mol. The van der Waals surface area contributed by atoms with Crippen molar-refractivity contribution in [3.05, 3.63) is 83.7 Å². The molecule has 3 aromatic rings. The molecule has 0 amide bonds. The smallest absolute Gasteiger partial charge is 0.326 e. The number of halogens is 1. The second-order valence-corrected chi connectivity index (χ2v) is 9.80. The van der Waals surface area contributed by atoms with Crippen LogP contribution in [0, 0.1) is 5.82 Å². The number of carbonyl (C=O) groups is 2. The lowest BCUT2D eigenvalue weighted by Gasteiger charge is -2.17. The zero-order valence-corrected chi connectivity index (χ0v) is 19.6. The summed E-state index contributed by atoms with van der Waals surface area (Å²) in [5.41, 5.74) is 0.642. The van der Waals surface area contributed by atoms with Gasteiger partial charge in [0.15, 0.2) is 17.3 Å². The predicted molar refractivity (Wildman–Crippen MR) is 124 cm³/mol. The van der Waals surface area contributed by atoms with Crippen molar-refractivity contribution in [1.29, 1.82) is 0 Å². The molecule has 4 rings (SSSR count). The van der Waals surface area contributed by atoms with Crippen molar-refractivity contribution < 1.29 is 36.6 Å². The van der Waals surface area contributed by atoms with Crippen LogP contribution in [0.3, 0.4) is 0 Å². The Morgan fingerprint density at radius 2 is 1.51 bits per heavy atom. The molecule has 0 unspecified atom stereocenters. The topological polar surface area (TPSA) is 99.2 Å². The van der Waals surface area contributed by atoms with E-state index in [1.165, 1.54) is 73.8 Å². The lowest BCUT2D eigenvalue weighted by Crippen LogP contribution is -2.34. The maximum atomic E-state index is 13.1. The molecule has 3 aromatic carbocycles. The lowest BCUT2D eigenvalue weighted by atomic mass is 10.0. The molecular formula is C25H22FNO7S. The van der Waals surface area contributed by atoms with E-state index in [1.54, 1.807) is 0 Å². The van der Waals surface area contributed by atoms with Crippen LogP contribution >= 0.6 is 0 Å². The van der Waals surface area contributed by atoms with Crippen molar-refractivity contribution in [1.82, 2.24) is 4.31 Å². The molecular weight excluding hydrogens is 477 g/mol. The second kappa shape index (κ2) is 10.2. The number of likely N-dealkylation sites (N-methyl/N-ethyl adjacent to an activating group) is 1. The highest BCUT2D eigenvalue weighted by molar-refractivity contribution is 7.89. The molecule has 0 aliphatic carbocycles. The number of benzene rings is 3. The van der Waals surface area contributed by atoms with Gasteiger partial charge in [-0.1, -0.05) is 0 Å². The van der Waals surface area contributed by atoms with Crippen molar-refractivity contribution in [3.8, 4) is 17.2 Å². The molecule has 0 bridgehead atoms. The Morgan fingerprint density at radius 3 is 2.17 bits per heavy atom. The van der Waals surface area contributed by atoms with E-state index in [0.29, 0.717) is 42.3 Å². The van der Waals surface area contributed by atoms with Crippen LogP contribution in [0.15, 0.2) is 71.6 Å². The largest absolute Gasteiger partial charge is 0.490 e. The third-order valence-electron chi connectivity index (χ3n) is 5.23. The first-order valence-corrected chi connectivity index (χ1v) is 12.1. The van der Waals surface area contributed by atoms with Gasteiger partial charge in [-0.25, -0.2) is 12.8 Å². The highest BCUT2D eigenvalue weighted by Crippen LogP contribution is 2.32. The normalized spacial score (nSPS) is 13.2. The molecule has 0 atom stereocenters. The number of nitrogens with zero attached hydrogens (tertiary/aromatic N) is 1. The SMILES string of the molecule is CN(CC(=O)Oc1ccc(C(=O)c2ccc(F)cc2)cc1)S(=O)(=O)c1ccc2c(c1)OCCCO2. The first-order valence-electron chi connectivity index (χ1n) is 10.7. The maximum Gasteiger partial charge on any atom is 0.326 e. The molecule has 0 radical (unpaired) electrons. The molecule has 35 heavy (non-hydrogen) atoms. The molecule has 1 aliphatic heterocycles. The molecule has 0 fully saturated rings. The van der Waals surface area contributed by atoms with E-state index in [-0.39, 0.29) is 16.4 Å². The van der Waals surface area contributed by atoms with E-state index in [1.807, 2.05) is 0 Å². The summed E-state index contributed by atoms with van der Waals surface area (Å²) in [7, 11) is -2.73. The van der Waals surface area contributed by atoms with E-state index >= 15 is 0 Å². The van der Waals surface area contributed by atoms with Crippen LogP contribution in [0.25, 0.3) is 0 Å². The highest BCUT2D eigenvalue weighted by Gasteiger charge is 2.26. The standard InChI is InChI=1S/C25H22FNO7S/c1-27(35(30,31)21-11-12-22-23(15-21)33-14-2-13-32-22)16-24(28)34-20-9-5-18(6-10-20)25(29)17-3-7-19(26)8-4-17/h3-12,15H,2,13-14,16H2,1H3. The number of ether oxygens (including phenoxy) is 3. The summed E-state index contributed by atoms with van der Waals surface area (Å²) < 4.78 is 56.1. The molecule has 10 heteroatoms. The fourth-order valence-corrected chi connectivity index (χ4v) is 4.49. The third kappa shape index (κ3) is 5.67. The number of ketones is 1. The number of rotatable bonds is 7. The summed E-state index contributed by atoms with van der Waals surface area (Å²) in [4.78, 5) is 24.8. The molecule has 0 spiro atoms. The monoisotopic (exact) mass is 499 g/mol. The molecule has 0 N–H and O–H groups in total. The maximum absolute atomic E-state index is 13.1. The molecule has 0 aromatic heterocycles. The highest BCUT2D eigenvalue weighted by atomic mass is 32.2. The van der Waals surface area contributed by atoms with Crippen molar-refractivity contribution in [2.75, 3.05) is 26.8 Å². The molecule has 1 aliphatic rings. The zero-order valence-electron chi connectivity index (χ0n) is 18.8. The predicted octanol–water partition coefficient (Wildman–Crippen LogP) is 3.44. The van der Waals surface area contributed by atoms with Crippen LogP contribution in [-0.2, 0) is 14.8 Å². The molecule has 8 nitrogen and oxygen atoms in total. The summed E-state index contributed by atoms with van der Waals surface area (Å²) in [5.74, 6) is -0.626. The molecule has 1 heterocycles. The fourth-order valence-electron chi connectivity index (χ4n) is 3.36. The summed E-state index contributed by atoms with van der Waals surface area (Å²) in [5, 5.41) is 0. The van der Waals surface area contributed by atoms with Crippen LogP contribution in [0.1, 0.15) is 22.3 Å². The summed E-state index contributed by atoms with van der Waals surface area (Å²) >= 11 is 0. The molecule has 0 saturated heterocycles. The summed E-state index contributed by atoms with van der Waals surface area (Å²) in [6, 6.07) is 15.2. The Hall–Kier alpha value is -3.76. The minimum Gasteiger partial charge on any atom is -0.490 e. The second-order valence-electron chi connectivity index (χ2n) is 7.75. The van der Waals surface area contributed by atoms with Gasteiger partial charge in [-0.05, 0) is 60.7 Å². The van der Waals surface area contributed by atoms with Gasteiger partial charge in [0.2, 0.25) is 10.0 Å². The third-order valence-corrected chi connectivity index (χ3v) is 7.03. The fraction of sp³-hybridized carbons (Fsp3) is 0.200. The Kier molecular flexibility index (Phi) is 7.13. The number of fused-ring (bicyclic) bond motifs is 1. The van der Waals surface area contributed by atoms with E-state index in [2.05, 4.69) is 0 Å². The number of hydrogen-bond donors (Lipinski definition) is 0. The van der Waals surface area contributed by atoms with Crippen molar-refractivity contribution in [2.24, 2.45) is 0 Å². The lowest BCUT2D eigenvalue weighted by molar-refractivity contribution is -0.134. The zero-order chi connectivity index (χ0) is 25.0. The van der Waals surface area contributed by atoms with Crippen LogP contribution < -0.4 is 14.2 Å². The van der Waals surface area contributed by atoms with Gasteiger partial charge in [-0.2, -0.15) is 4.31 Å². The van der Waals surface area contributed by atoms with Crippen molar-refractivity contribution in [2.45, 2.75) is 11.3 Å². The van der Waals surface area contributed by atoms with Crippen LogP contribution in [0.5, 0.6) is 17.2 Å². The van der Waals surface area contributed by atoms with Gasteiger partial charge in [0.25, 0.3) is 0 Å². The quantitative estimate of drug-likeness (QED) is 0.279. The van der Waals surface area contributed by atoms with E-state index in [4.69, 9.17) is 14.2 Å². The number of carbonyl (C=O) groups excluding carboxylic acids is 2. The van der Waals surface area contributed by atoms with Gasteiger partial charge < -0.3 is 14.2 Å². The summed E-state index contributed by atoms with van der Waals surface area (Å²) in [6.45, 7) is 0.353. The van der Waals surface area contributed by atoms with Gasteiger partial charge in [0, 0.05) is 30.7 Å². The van der Waals surface area contributed by atoms with E-state index in [9.17, 15) is 22.4 Å². The van der Waals surface area contributed by atoms with Crippen LogP contribution in [0.2, 0.25) is 0 Å². The average Bonchev–Trinajstić information content (AvgIpc) is 3.09. The Labute approximate surface area is 201 Å². The van der Waals surface area contributed by atoms with Gasteiger partial charge >= 0.3 is 5.97 Å². The minimum absolute atomic E-state index is 0.0410. The molecule has 0 saturated carbocycles. The minimum atomic E-state index is -4.00. The molecule has 182 valence electrons. The van der Waals surface area contributed by atoms with E-state index in [0.717, 1.165) is 4.31 Å². The first kappa shape index (κ1) is 24.4. The first-order chi connectivity index (χ1) is 16.7. The van der Waals surface area contributed by atoms with Crippen molar-refractivity contribution >= 4 is 21.8 Å². The number of sulfonamides is 1. The number of esters is 1. The van der Waals surface area contributed by atoms with Crippen molar-refractivity contribution in [3.63, 3.8) is 0 Å². The van der Waals surface area contributed by atoms with Gasteiger partial charge in [-0.3, -0.25) is 9.59 Å². The van der Waals surface area contributed by atoms with Gasteiger partial charge in [-0.15, -0.1) is 0 Å². The van der Waals surface area contributed by atoms with Gasteiger partial charge in [0.1, 0.15) is 18.1 Å². The Morgan fingerprint density at radius 1 is 0.914 bits per heavy atom. The van der Waals surface area contributed by atoms with Gasteiger partial charge in [0.05, 0.1) is 18.1 Å². The van der Waals surface area contributed by atoms with E-state index < -0.39 is 28.4 Å². The van der Waals surface area contributed by atoms with Crippen LogP contribution in [0.4, 0.5) is 4.39 Å². The summed E-state index contributed by atoms with van der Waals surface area (Å²) in [6.07, 6.45) is 0.684.